The van der Waals surface area contributed by atoms with Gasteiger partial charge in [-0.3, -0.25) is 0 Å². The molecule has 0 bridgehead atoms. The van der Waals surface area contributed by atoms with E-state index in [1.165, 1.54) is 12.7 Å². The first kappa shape index (κ1) is 12.7. The fourth-order valence-electron chi connectivity index (χ4n) is 1.31. The van der Waals surface area contributed by atoms with Crippen molar-refractivity contribution in [1.82, 2.24) is 9.97 Å². The Kier molecular flexibility index (Phi) is 5.95. The average Bonchev–Trinajstić information content (AvgIpc) is 2.25. The van der Waals surface area contributed by atoms with E-state index in [1.807, 2.05) is 0 Å². The highest BCUT2D eigenvalue weighted by atomic mass is 79.9. The minimum atomic E-state index is 0.620. The Balaban J connectivity index is 2.74. The van der Waals surface area contributed by atoms with Gasteiger partial charge in [0.25, 0.3) is 0 Å². The molecule has 0 N–H and O–H groups in total. The Hall–Kier alpha value is -0.350. The first-order valence-corrected chi connectivity index (χ1v) is 6.56. The Morgan fingerprint density at radius 1 is 1.47 bits per heavy atom. The van der Waals surface area contributed by atoms with Gasteiger partial charge >= 0.3 is 0 Å². The summed E-state index contributed by atoms with van der Waals surface area (Å²) in [4.78, 5) is 10.3. The van der Waals surface area contributed by atoms with Gasteiger partial charge in [-0.2, -0.15) is 0 Å². The van der Waals surface area contributed by atoms with Crippen molar-refractivity contribution in [1.29, 1.82) is 0 Å². The summed E-state index contributed by atoms with van der Waals surface area (Å²) in [7, 11) is 0. The number of hydrogen-bond donors (Lipinski definition) is 0. The molecule has 1 aromatic heterocycles. The molecular weight excluding hydrogens is 277 g/mol. The van der Waals surface area contributed by atoms with E-state index in [9.17, 15) is 0 Å². The van der Waals surface area contributed by atoms with Gasteiger partial charge < -0.3 is 4.90 Å². The van der Waals surface area contributed by atoms with Crippen LogP contribution < -0.4 is 4.90 Å². The van der Waals surface area contributed by atoms with Gasteiger partial charge in [0.05, 0.1) is 6.20 Å². The highest BCUT2D eigenvalue weighted by Gasteiger charge is 2.10. The van der Waals surface area contributed by atoms with Gasteiger partial charge in [-0.25, -0.2) is 9.97 Å². The lowest BCUT2D eigenvalue weighted by Crippen LogP contribution is -2.27. The van der Waals surface area contributed by atoms with E-state index in [0.29, 0.717) is 5.02 Å². The van der Waals surface area contributed by atoms with Crippen molar-refractivity contribution in [3.8, 4) is 0 Å². The van der Waals surface area contributed by atoms with Gasteiger partial charge in [0.1, 0.15) is 11.3 Å². The second kappa shape index (κ2) is 7.01. The molecule has 0 atom stereocenters. The normalized spacial score (nSPS) is 10.3. The van der Waals surface area contributed by atoms with Gasteiger partial charge in [0.2, 0.25) is 0 Å². The molecule has 0 aliphatic rings. The Morgan fingerprint density at radius 3 is 2.87 bits per heavy atom. The fourth-order valence-corrected chi connectivity index (χ4v) is 1.97. The van der Waals surface area contributed by atoms with Crippen LogP contribution in [0.5, 0.6) is 0 Å². The van der Waals surface area contributed by atoms with E-state index in [-0.39, 0.29) is 0 Å². The molecule has 0 aliphatic heterocycles. The molecule has 15 heavy (non-hydrogen) atoms. The summed E-state index contributed by atoms with van der Waals surface area (Å²) in [5.74, 6) is 0.833. The van der Waals surface area contributed by atoms with Crippen LogP contribution in [-0.2, 0) is 0 Å². The van der Waals surface area contributed by atoms with Crippen LogP contribution in [0.25, 0.3) is 0 Å². The van der Waals surface area contributed by atoms with E-state index in [2.05, 4.69) is 37.7 Å². The number of halogens is 2. The molecule has 0 spiro atoms. The van der Waals surface area contributed by atoms with Crippen LogP contribution in [-0.4, -0.2) is 28.4 Å². The minimum Gasteiger partial charge on any atom is -0.354 e. The number of hydrogen-bond acceptors (Lipinski definition) is 3. The smallest absolute Gasteiger partial charge is 0.150 e. The summed E-state index contributed by atoms with van der Waals surface area (Å²) in [6.45, 7) is 4.07. The van der Waals surface area contributed by atoms with Gasteiger partial charge in [-0.1, -0.05) is 40.9 Å². The SMILES string of the molecule is CCCCN(CCBr)c1ncncc1Cl. The van der Waals surface area contributed by atoms with E-state index in [0.717, 1.165) is 30.7 Å². The van der Waals surface area contributed by atoms with E-state index < -0.39 is 0 Å². The predicted octanol–water partition coefficient (Wildman–Crippen LogP) is 3.13. The second-order valence-electron chi connectivity index (χ2n) is 3.22. The molecule has 1 aromatic rings. The third-order valence-electron chi connectivity index (χ3n) is 2.08. The lowest BCUT2D eigenvalue weighted by molar-refractivity contribution is 0.726. The van der Waals surface area contributed by atoms with Crippen molar-refractivity contribution in [2.75, 3.05) is 23.3 Å². The molecule has 1 rings (SSSR count). The van der Waals surface area contributed by atoms with Crippen LogP contribution in [0.3, 0.4) is 0 Å². The zero-order chi connectivity index (χ0) is 11.1. The summed E-state index contributed by atoms with van der Waals surface area (Å²) < 4.78 is 0. The zero-order valence-corrected chi connectivity index (χ0v) is 11.1. The highest BCUT2D eigenvalue weighted by Crippen LogP contribution is 2.21. The fraction of sp³-hybridized carbons (Fsp3) is 0.600. The van der Waals surface area contributed by atoms with Crippen molar-refractivity contribution in [3.05, 3.63) is 17.5 Å². The van der Waals surface area contributed by atoms with Crippen LogP contribution >= 0.6 is 27.5 Å². The van der Waals surface area contributed by atoms with Gasteiger partial charge in [-0.15, -0.1) is 0 Å². The lowest BCUT2D eigenvalue weighted by atomic mass is 10.3. The first-order valence-electron chi connectivity index (χ1n) is 5.06. The topological polar surface area (TPSA) is 29.0 Å². The summed E-state index contributed by atoms with van der Waals surface area (Å²) in [5, 5.41) is 1.53. The molecule has 0 radical (unpaired) electrons. The van der Waals surface area contributed by atoms with Crippen LogP contribution in [0.2, 0.25) is 5.02 Å². The summed E-state index contributed by atoms with van der Waals surface area (Å²) in [6.07, 6.45) is 5.49. The number of anilines is 1. The Bertz CT molecular complexity index is 296. The van der Waals surface area contributed by atoms with Crippen LogP contribution in [0.1, 0.15) is 19.8 Å². The molecule has 0 saturated carbocycles. The Labute approximate surface area is 104 Å². The average molecular weight is 293 g/mol. The maximum atomic E-state index is 6.05. The maximum absolute atomic E-state index is 6.05. The summed E-state index contributed by atoms with van der Waals surface area (Å²) in [5.41, 5.74) is 0. The first-order chi connectivity index (χ1) is 7.29. The molecule has 3 nitrogen and oxygen atoms in total. The van der Waals surface area contributed by atoms with E-state index in [4.69, 9.17) is 11.6 Å². The number of aromatic nitrogens is 2. The molecule has 0 aromatic carbocycles. The third kappa shape index (κ3) is 3.95. The van der Waals surface area contributed by atoms with Crippen molar-refractivity contribution in [2.45, 2.75) is 19.8 Å². The molecule has 84 valence electrons. The largest absolute Gasteiger partial charge is 0.354 e. The van der Waals surface area contributed by atoms with Crippen LogP contribution in [0.15, 0.2) is 12.5 Å². The van der Waals surface area contributed by atoms with Crippen molar-refractivity contribution in [2.24, 2.45) is 0 Å². The monoisotopic (exact) mass is 291 g/mol. The zero-order valence-electron chi connectivity index (χ0n) is 8.79. The highest BCUT2D eigenvalue weighted by molar-refractivity contribution is 9.09. The van der Waals surface area contributed by atoms with E-state index in [1.54, 1.807) is 6.20 Å². The lowest BCUT2D eigenvalue weighted by Gasteiger charge is -2.23. The van der Waals surface area contributed by atoms with Crippen molar-refractivity contribution in [3.63, 3.8) is 0 Å². The van der Waals surface area contributed by atoms with Gasteiger partial charge in [0.15, 0.2) is 5.82 Å². The number of rotatable bonds is 6. The summed E-state index contributed by atoms with van der Waals surface area (Å²) >= 11 is 9.49. The molecular formula is C10H15BrClN3. The standard InChI is InChI=1S/C10H15BrClN3/c1-2-3-5-15(6-4-11)10-9(12)7-13-8-14-10/h7-8H,2-6H2,1H3. The predicted molar refractivity (Wildman–Crippen MR) is 68.0 cm³/mol. The Morgan fingerprint density at radius 2 is 2.27 bits per heavy atom. The minimum absolute atomic E-state index is 0.620. The molecule has 0 aliphatic carbocycles. The number of unbranched alkanes of at least 4 members (excludes halogenated alkanes) is 1. The quantitative estimate of drug-likeness (QED) is 0.754. The molecule has 0 saturated heterocycles. The summed E-state index contributed by atoms with van der Waals surface area (Å²) in [6, 6.07) is 0. The van der Waals surface area contributed by atoms with Crippen LogP contribution in [0, 0.1) is 0 Å². The van der Waals surface area contributed by atoms with Gasteiger partial charge in [-0.05, 0) is 6.42 Å². The molecule has 5 heteroatoms. The van der Waals surface area contributed by atoms with E-state index >= 15 is 0 Å². The second-order valence-corrected chi connectivity index (χ2v) is 4.42. The van der Waals surface area contributed by atoms with Crippen LogP contribution in [0.4, 0.5) is 5.82 Å². The number of nitrogens with zero attached hydrogens (tertiary/aromatic N) is 3. The molecule has 1 heterocycles. The number of alkyl halides is 1. The van der Waals surface area contributed by atoms with Crippen molar-refractivity contribution >= 4 is 33.3 Å². The van der Waals surface area contributed by atoms with Crippen molar-refractivity contribution < 1.29 is 0 Å². The third-order valence-corrected chi connectivity index (χ3v) is 2.70. The maximum Gasteiger partial charge on any atom is 0.150 e. The van der Waals surface area contributed by atoms with Gasteiger partial charge in [0, 0.05) is 18.4 Å². The molecule has 0 fully saturated rings. The molecule has 0 amide bonds. The molecule has 0 unspecified atom stereocenters.